The molecule has 0 saturated heterocycles. The molecule has 0 heterocycles. The Morgan fingerprint density at radius 2 is 2.00 bits per heavy atom. The minimum atomic E-state index is 0.244. The zero-order valence-electron chi connectivity index (χ0n) is 11.6. The Morgan fingerprint density at radius 1 is 1.28 bits per heavy atom. The SMILES string of the molecule is CCOc1ccc(Cl)cc1C(CC)CCC(C)N. The Bertz CT molecular complexity index is 366. The second-order valence-corrected chi connectivity index (χ2v) is 5.21. The Hall–Kier alpha value is -0.730. The molecule has 1 aromatic carbocycles. The van der Waals surface area contributed by atoms with E-state index in [4.69, 9.17) is 22.1 Å². The average molecular weight is 270 g/mol. The first kappa shape index (κ1) is 15.3. The van der Waals surface area contributed by atoms with Crippen LogP contribution in [0.15, 0.2) is 18.2 Å². The van der Waals surface area contributed by atoms with Gasteiger partial charge in [-0.3, -0.25) is 0 Å². The number of ether oxygens (including phenoxy) is 1. The van der Waals surface area contributed by atoms with Gasteiger partial charge >= 0.3 is 0 Å². The number of nitrogens with two attached hydrogens (primary N) is 1. The van der Waals surface area contributed by atoms with Gasteiger partial charge in [0.2, 0.25) is 0 Å². The van der Waals surface area contributed by atoms with Gasteiger partial charge in [-0.15, -0.1) is 0 Å². The zero-order valence-corrected chi connectivity index (χ0v) is 12.3. The highest BCUT2D eigenvalue weighted by Gasteiger charge is 2.15. The van der Waals surface area contributed by atoms with Crippen LogP contribution in [0.1, 0.15) is 51.5 Å². The standard InChI is InChI=1S/C15H24ClNO/c1-4-12(7-6-11(3)17)14-10-13(16)8-9-15(14)18-5-2/h8-12H,4-7,17H2,1-3H3. The summed E-state index contributed by atoms with van der Waals surface area (Å²) in [6.45, 7) is 6.93. The molecule has 1 aromatic rings. The van der Waals surface area contributed by atoms with Crippen molar-refractivity contribution in [2.75, 3.05) is 6.61 Å². The van der Waals surface area contributed by atoms with E-state index < -0.39 is 0 Å². The van der Waals surface area contributed by atoms with Gasteiger partial charge in [-0.1, -0.05) is 18.5 Å². The minimum absolute atomic E-state index is 0.244. The smallest absolute Gasteiger partial charge is 0.122 e. The van der Waals surface area contributed by atoms with Crippen molar-refractivity contribution >= 4 is 11.6 Å². The maximum absolute atomic E-state index is 6.10. The van der Waals surface area contributed by atoms with E-state index in [0.29, 0.717) is 12.5 Å². The molecular weight excluding hydrogens is 246 g/mol. The van der Waals surface area contributed by atoms with Gasteiger partial charge < -0.3 is 10.5 Å². The molecule has 2 unspecified atom stereocenters. The van der Waals surface area contributed by atoms with Gasteiger partial charge in [0.15, 0.2) is 0 Å². The van der Waals surface area contributed by atoms with Crippen molar-refractivity contribution in [3.05, 3.63) is 28.8 Å². The highest BCUT2D eigenvalue weighted by atomic mass is 35.5. The van der Waals surface area contributed by atoms with Crippen LogP contribution in [-0.4, -0.2) is 12.6 Å². The van der Waals surface area contributed by atoms with Crippen LogP contribution in [0.3, 0.4) is 0 Å². The molecule has 1 rings (SSSR count). The number of hydrogen-bond donors (Lipinski definition) is 1. The van der Waals surface area contributed by atoms with E-state index in [1.54, 1.807) is 0 Å². The van der Waals surface area contributed by atoms with Crippen molar-refractivity contribution < 1.29 is 4.74 Å². The molecule has 0 fully saturated rings. The third-order valence-electron chi connectivity index (χ3n) is 3.17. The third-order valence-corrected chi connectivity index (χ3v) is 3.41. The molecule has 0 amide bonds. The summed E-state index contributed by atoms with van der Waals surface area (Å²) in [6, 6.07) is 6.13. The number of benzene rings is 1. The van der Waals surface area contributed by atoms with Crippen LogP contribution in [-0.2, 0) is 0 Å². The molecule has 3 heteroatoms. The lowest BCUT2D eigenvalue weighted by Crippen LogP contribution is -2.16. The summed E-state index contributed by atoms with van der Waals surface area (Å²) < 4.78 is 5.69. The second-order valence-electron chi connectivity index (χ2n) is 4.77. The van der Waals surface area contributed by atoms with Gasteiger partial charge in [0.25, 0.3) is 0 Å². The number of halogens is 1. The van der Waals surface area contributed by atoms with Crippen LogP contribution in [0.5, 0.6) is 5.75 Å². The van der Waals surface area contributed by atoms with Crippen molar-refractivity contribution in [3.63, 3.8) is 0 Å². The van der Waals surface area contributed by atoms with Crippen LogP contribution in [0.2, 0.25) is 5.02 Å². The molecule has 0 saturated carbocycles. The van der Waals surface area contributed by atoms with E-state index in [2.05, 4.69) is 6.92 Å². The van der Waals surface area contributed by atoms with E-state index in [-0.39, 0.29) is 6.04 Å². The summed E-state index contributed by atoms with van der Waals surface area (Å²) >= 11 is 6.10. The lowest BCUT2D eigenvalue weighted by Gasteiger charge is -2.20. The lowest BCUT2D eigenvalue weighted by atomic mass is 9.90. The van der Waals surface area contributed by atoms with Crippen molar-refractivity contribution in [1.82, 2.24) is 0 Å². The van der Waals surface area contributed by atoms with Gasteiger partial charge in [-0.2, -0.15) is 0 Å². The quantitative estimate of drug-likeness (QED) is 0.798. The van der Waals surface area contributed by atoms with E-state index >= 15 is 0 Å². The first-order chi connectivity index (χ1) is 8.58. The number of rotatable bonds is 7. The van der Waals surface area contributed by atoms with E-state index in [0.717, 1.165) is 30.0 Å². The largest absolute Gasteiger partial charge is 0.494 e. The van der Waals surface area contributed by atoms with E-state index in [1.807, 2.05) is 32.0 Å². The van der Waals surface area contributed by atoms with Gasteiger partial charge in [0.1, 0.15) is 5.75 Å². The molecule has 102 valence electrons. The molecule has 0 aliphatic carbocycles. The van der Waals surface area contributed by atoms with Crippen molar-refractivity contribution in [3.8, 4) is 5.75 Å². The van der Waals surface area contributed by atoms with Crippen LogP contribution in [0, 0.1) is 0 Å². The summed E-state index contributed by atoms with van der Waals surface area (Å²) in [4.78, 5) is 0. The molecular formula is C15H24ClNO. The van der Waals surface area contributed by atoms with Gasteiger partial charge in [0, 0.05) is 11.1 Å². The maximum Gasteiger partial charge on any atom is 0.122 e. The minimum Gasteiger partial charge on any atom is -0.494 e. The fourth-order valence-electron chi connectivity index (χ4n) is 2.17. The van der Waals surface area contributed by atoms with Crippen molar-refractivity contribution in [2.45, 2.75) is 52.0 Å². The fourth-order valence-corrected chi connectivity index (χ4v) is 2.35. The Balaban J connectivity index is 2.91. The Kier molecular flexibility index (Phi) is 6.51. The molecule has 2 N–H and O–H groups in total. The van der Waals surface area contributed by atoms with Crippen LogP contribution >= 0.6 is 11.6 Å². The molecule has 18 heavy (non-hydrogen) atoms. The Morgan fingerprint density at radius 3 is 2.56 bits per heavy atom. The molecule has 0 spiro atoms. The number of hydrogen-bond acceptors (Lipinski definition) is 2. The summed E-state index contributed by atoms with van der Waals surface area (Å²) in [6.07, 6.45) is 3.18. The predicted molar refractivity (Wildman–Crippen MR) is 78.5 cm³/mol. The monoisotopic (exact) mass is 269 g/mol. The highest BCUT2D eigenvalue weighted by Crippen LogP contribution is 2.34. The molecule has 0 bridgehead atoms. The zero-order chi connectivity index (χ0) is 13.5. The Labute approximate surface area is 115 Å². The summed E-state index contributed by atoms with van der Waals surface area (Å²) in [5.74, 6) is 1.43. The summed E-state index contributed by atoms with van der Waals surface area (Å²) in [5, 5.41) is 0.771. The van der Waals surface area contributed by atoms with Crippen molar-refractivity contribution in [1.29, 1.82) is 0 Å². The second kappa shape index (κ2) is 7.65. The molecule has 0 aromatic heterocycles. The molecule has 0 radical (unpaired) electrons. The van der Waals surface area contributed by atoms with Crippen LogP contribution < -0.4 is 10.5 Å². The lowest BCUT2D eigenvalue weighted by molar-refractivity contribution is 0.332. The topological polar surface area (TPSA) is 35.2 Å². The highest BCUT2D eigenvalue weighted by molar-refractivity contribution is 6.30. The molecule has 2 nitrogen and oxygen atoms in total. The summed E-state index contributed by atoms with van der Waals surface area (Å²) in [7, 11) is 0. The third kappa shape index (κ3) is 4.51. The van der Waals surface area contributed by atoms with Crippen LogP contribution in [0.4, 0.5) is 0 Å². The van der Waals surface area contributed by atoms with Crippen LogP contribution in [0.25, 0.3) is 0 Å². The average Bonchev–Trinajstić information content (AvgIpc) is 2.33. The molecule has 2 atom stereocenters. The van der Waals surface area contributed by atoms with Gasteiger partial charge in [-0.25, -0.2) is 0 Å². The normalized spacial score (nSPS) is 14.3. The molecule has 0 aliphatic rings. The van der Waals surface area contributed by atoms with Crippen molar-refractivity contribution in [2.24, 2.45) is 5.73 Å². The first-order valence-corrected chi connectivity index (χ1v) is 7.14. The predicted octanol–water partition coefficient (Wildman–Crippen LogP) is 4.36. The van der Waals surface area contributed by atoms with E-state index in [1.165, 1.54) is 5.56 Å². The summed E-state index contributed by atoms with van der Waals surface area (Å²) in [5.41, 5.74) is 7.06. The first-order valence-electron chi connectivity index (χ1n) is 6.76. The maximum atomic E-state index is 6.10. The molecule has 0 aliphatic heterocycles. The van der Waals surface area contributed by atoms with E-state index in [9.17, 15) is 0 Å². The van der Waals surface area contributed by atoms with Gasteiger partial charge in [-0.05, 0) is 62.8 Å². The fraction of sp³-hybridized carbons (Fsp3) is 0.600. The van der Waals surface area contributed by atoms with Gasteiger partial charge in [0.05, 0.1) is 6.61 Å².